The first-order chi connectivity index (χ1) is 11.2. The molecule has 4 nitrogen and oxygen atoms in total. The van der Waals surface area contributed by atoms with Crippen LogP contribution in [0.25, 0.3) is 0 Å². The molecule has 0 spiro atoms. The normalized spacial score (nSPS) is 23.6. The summed E-state index contributed by atoms with van der Waals surface area (Å²) in [7, 11) is 1.81. The molecule has 24 heavy (non-hydrogen) atoms. The Morgan fingerprint density at radius 3 is 2.54 bits per heavy atom. The van der Waals surface area contributed by atoms with Gasteiger partial charge in [-0.3, -0.25) is 4.99 Å². The van der Waals surface area contributed by atoms with Gasteiger partial charge in [0.2, 0.25) is 0 Å². The first kappa shape index (κ1) is 19.4. The molecule has 1 heterocycles. The largest absolute Gasteiger partial charge is 0.392 e. The van der Waals surface area contributed by atoms with Crippen molar-refractivity contribution in [1.82, 2.24) is 10.2 Å². The minimum absolute atomic E-state index is 0. The number of halogens is 2. The summed E-state index contributed by atoms with van der Waals surface area (Å²) in [6, 6.07) is 4.87. The van der Waals surface area contributed by atoms with Crippen LogP contribution in [-0.2, 0) is 13.2 Å². The lowest BCUT2D eigenvalue weighted by Crippen LogP contribution is -2.39. The quantitative estimate of drug-likeness (QED) is 0.426. The first-order valence-corrected chi connectivity index (χ1v) is 8.55. The SMILES string of the molecule is CN=C(NCc1ccc(F)c(CO)c1)N1CC2CCCCC2C1.I. The van der Waals surface area contributed by atoms with Gasteiger partial charge in [-0.1, -0.05) is 18.9 Å². The molecule has 0 amide bonds. The van der Waals surface area contributed by atoms with Gasteiger partial charge in [-0.05, 0) is 42.4 Å². The number of hydrogen-bond acceptors (Lipinski definition) is 2. The molecule has 1 aromatic carbocycles. The van der Waals surface area contributed by atoms with Crippen molar-refractivity contribution in [3.8, 4) is 0 Å². The van der Waals surface area contributed by atoms with Crippen molar-refractivity contribution in [3.63, 3.8) is 0 Å². The number of guanidine groups is 1. The maximum absolute atomic E-state index is 13.4. The van der Waals surface area contributed by atoms with Crippen LogP contribution in [0.1, 0.15) is 36.8 Å². The number of aliphatic hydroxyl groups is 1. The number of benzene rings is 1. The summed E-state index contributed by atoms with van der Waals surface area (Å²) in [5, 5.41) is 12.5. The fourth-order valence-corrected chi connectivity index (χ4v) is 3.95. The molecule has 2 atom stereocenters. The highest BCUT2D eigenvalue weighted by atomic mass is 127. The smallest absolute Gasteiger partial charge is 0.193 e. The lowest BCUT2D eigenvalue weighted by atomic mass is 9.82. The van der Waals surface area contributed by atoms with E-state index in [1.807, 2.05) is 7.05 Å². The first-order valence-electron chi connectivity index (χ1n) is 8.55. The van der Waals surface area contributed by atoms with Crippen LogP contribution in [0.5, 0.6) is 0 Å². The third kappa shape index (κ3) is 4.39. The lowest BCUT2D eigenvalue weighted by Gasteiger charge is -2.22. The molecule has 134 valence electrons. The van der Waals surface area contributed by atoms with E-state index in [0.29, 0.717) is 12.1 Å². The summed E-state index contributed by atoms with van der Waals surface area (Å²) in [6.45, 7) is 2.50. The van der Waals surface area contributed by atoms with E-state index in [1.54, 1.807) is 12.1 Å². The van der Waals surface area contributed by atoms with Gasteiger partial charge >= 0.3 is 0 Å². The van der Waals surface area contributed by atoms with Crippen LogP contribution in [0.2, 0.25) is 0 Å². The van der Waals surface area contributed by atoms with Crippen LogP contribution < -0.4 is 5.32 Å². The summed E-state index contributed by atoms with van der Waals surface area (Å²) in [4.78, 5) is 6.77. The van der Waals surface area contributed by atoms with Crippen molar-refractivity contribution in [2.24, 2.45) is 16.8 Å². The topological polar surface area (TPSA) is 47.9 Å². The summed E-state index contributed by atoms with van der Waals surface area (Å²) >= 11 is 0. The molecule has 1 aliphatic heterocycles. The highest BCUT2D eigenvalue weighted by molar-refractivity contribution is 14.0. The molecule has 0 bridgehead atoms. The number of likely N-dealkylation sites (tertiary alicyclic amines) is 1. The zero-order valence-corrected chi connectivity index (χ0v) is 16.5. The monoisotopic (exact) mass is 447 g/mol. The fourth-order valence-electron chi connectivity index (χ4n) is 3.95. The Labute approximate surface area is 160 Å². The van der Waals surface area contributed by atoms with E-state index in [0.717, 1.165) is 36.4 Å². The van der Waals surface area contributed by atoms with Crippen molar-refractivity contribution in [1.29, 1.82) is 0 Å². The molecule has 3 rings (SSSR count). The number of hydrogen-bond donors (Lipinski definition) is 2. The highest BCUT2D eigenvalue weighted by Crippen LogP contribution is 2.35. The van der Waals surface area contributed by atoms with E-state index >= 15 is 0 Å². The van der Waals surface area contributed by atoms with Gasteiger partial charge in [0.05, 0.1) is 6.61 Å². The van der Waals surface area contributed by atoms with Gasteiger partial charge in [0, 0.05) is 32.2 Å². The number of nitrogens with zero attached hydrogens (tertiary/aromatic N) is 2. The maximum atomic E-state index is 13.4. The van der Waals surface area contributed by atoms with Crippen LogP contribution in [-0.4, -0.2) is 36.1 Å². The van der Waals surface area contributed by atoms with Gasteiger partial charge in [0.25, 0.3) is 0 Å². The molecule has 1 saturated carbocycles. The summed E-state index contributed by atoms with van der Waals surface area (Å²) in [6.07, 6.45) is 5.41. The molecule has 6 heteroatoms. The molecule has 1 aromatic rings. The second-order valence-electron chi connectivity index (χ2n) is 6.69. The van der Waals surface area contributed by atoms with Crippen LogP contribution in [0, 0.1) is 17.7 Å². The van der Waals surface area contributed by atoms with Crippen molar-refractivity contribution in [2.75, 3.05) is 20.1 Å². The second kappa shape index (κ2) is 8.99. The zero-order valence-electron chi connectivity index (χ0n) is 14.2. The van der Waals surface area contributed by atoms with Crippen LogP contribution in [0.3, 0.4) is 0 Å². The lowest BCUT2D eigenvalue weighted by molar-refractivity contribution is 0.275. The van der Waals surface area contributed by atoms with E-state index < -0.39 is 0 Å². The van der Waals surface area contributed by atoms with Crippen molar-refractivity contribution in [3.05, 3.63) is 35.1 Å². The zero-order chi connectivity index (χ0) is 16.2. The Morgan fingerprint density at radius 1 is 1.29 bits per heavy atom. The van der Waals surface area contributed by atoms with E-state index in [4.69, 9.17) is 5.11 Å². The molecule has 1 saturated heterocycles. The van der Waals surface area contributed by atoms with E-state index in [1.165, 1.54) is 31.7 Å². The van der Waals surface area contributed by atoms with Gasteiger partial charge in [0.15, 0.2) is 5.96 Å². The van der Waals surface area contributed by atoms with Gasteiger partial charge < -0.3 is 15.3 Å². The summed E-state index contributed by atoms with van der Waals surface area (Å²) < 4.78 is 13.4. The van der Waals surface area contributed by atoms with Crippen LogP contribution in [0.4, 0.5) is 4.39 Å². The third-order valence-corrected chi connectivity index (χ3v) is 5.22. The molecule has 2 unspecified atom stereocenters. The Bertz CT molecular complexity index is 567. The summed E-state index contributed by atoms with van der Waals surface area (Å²) in [5.74, 6) is 2.20. The van der Waals surface area contributed by atoms with Crippen LogP contribution in [0.15, 0.2) is 23.2 Å². The fraction of sp³-hybridized carbons (Fsp3) is 0.611. The van der Waals surface area contributed by atoms with Gasteiger partial charge in [0.1, 0.15) is 5.82 Å². The highest BCUT2D eigenvalue weighted by Gasteiger charge is 2.35. The van der Waals surface area contributed by atoms with Crippen molar-refractivity contribution in [2.45, 2.75) is 38.8 Å². The predicted octanol–water partition coefficient (Wildman–Crippen LogP) is 3.13. The number of aliphatic hydroxyl groups excluding tert-OH is 1. The molecule has 1 aliphatic carbocycles. The molecule has 2 aliphatic rings. The molecule has 0 aromatic heterocycles. The van der Waals surface area contributed by atoms with Gasteiger partial charge in [-0.15, -0.1) is 24.0 Å². The average Bonchev–Trinajstić information content (AvgIpc) is 3.00. The average molecular weight is 447 g/mol. The summed E-state index contributed by atoms with van der Waals surface area (Å²) in [5.41, 5.74) is 1.29. The molecular formula is C18H27FIN3O. The number of aliphatic imine (C=N–C) groups is 1. The Balaban J connectivity index is 0.00000208. The van der Waals surface area contributed by atoms with E-state index in [2.05, 4.69) is 15.2 Å². The minimum atomic E-state index is -0.357. The van der Waals surface area contributed by atoms with Crippen molar-refractivity contribution < 1.29 is 9.50 Å². The van der Waals surface area contributed by atoms with Gasteiger partial charge in [-0.2, -0.15) is 0 Å². The van der Waals surface area contributed by atoms with E-state index in [-0.39, 0.29) is 36.4 Å². The number of fused-ring (bicyclic) bond motifs is 1. The second-order valence-corrected chi connectivity index (χ2v) is 6.69. The number of rotatable bonds is 3. The van der Waals surface area contributed by atoms with Gasteiger partial charge in [-0.25, -0.2) is 4.39 Å². The standard InChI is InChI=1S/C18H26FN3O.HI/c1-20-18(22-10-14-4-2-3-5-15(14)11-22)21-9-13-6-7-17(19)16(8-13)12-23;/h6-8,14-15,23H,2-5,9-12H2,1H3,(H,20,21);1H. The third-order valence-electron chi connectivity index (χ3n) is 5.22. The Morgan fingerprint density at radius 2 is 1.96 bits per heavy atom. The Kier molecular flexibility index (Phi) is 7.28. The molecule has 0 radical (unpaired) electrons. The van der Waals surface area contributed by atoms with Crippen molar-refractivity contribution >= 4 is 29.9 Å². The molecule has 2 fully saturated rings. The minimum Gasteiger partial charge on any atom is -0.392 e. The maximum Gasteiger partial charge on any atom is 0.193 e. The predicted molar refractivity (Wildman–Crippen MR) is 105 cm³/mol. The van der Waals surface area contributed by atoms with Crippen LogP contribution >= 0.6 is 24.0 Å². The van der Waals surface area contributed by atoms with E-state index in [9.17, 15) is 4.39 Å². The molecule has 2 N–H and O–H groups in total. The molecular weight excluding hydrogens is 420 g/mol. The Hall–Kier alpha value is -0.890. The number of nitrogens with one attached hydrogen (secondary N) is 1.